The van der Waals surface area contributed by atoms with Crippen molar-refractivity contribution in [1.29, 1.82) is 0 Å². The number of nitrogens with zero attached hydrogens (tertiary/aromatic N) is 4. The van der Waals surface area contributed by atoms with Crippen molar-refractivity contribution in [3.8, 4) is 5.88 Å². The molecule has 10 heteroatoms. The lowest BCUT2D eigenvalue weighted by Gasteiger charge is -2.06. The SMILES string of the molecule is O=C(NCc1cnc(C(F)(F)F)nc1)c1cc2n(n1)CCO2. The number of halogens is 3. The maximum atomic E-state index is 12.3. The number of fused-ring (bicyclic) bond motifs is 1. The molecule has 0 fully saturated rings. The first-order valence-corrected chi connectivity index (χ1v) is 6.30. The molecular weight excluding hydrogens is 303 g/mol. The molecule has 0 aromatic carbocycles. The highest BCUT2D eigenvalue weighted by Crippen LogP contribution is 2.25. The third-order valence-corrected chi connectivity index (χ3v) is 2.94. The minimum Gasteiger partial charge on any atom is -0.476 e. The van der Waals surface area contributed by atoms with Crippen LogP contribution in [0.3, 0.4) is 0 Å². The average Bonchev–Trinajstić information content (AvgIpc) is 3.05. The molecule has 116 valence electrons. The maximum absolute atomic E-state index is 12.3. The van der Waals surface area contributed by atoms with Crippen LogP contribution >= 0.6 is 0 Å². The number of hydrogen-bond acceptors (Lipinski definition) is 5. The van der Waals surface area contributed by atoms with E-state index >= 15 is 0 Å². The summed E-state index contributed by atoms with van der Waals surface area (Å²) in [5.74, 6) is -1.15. The predicted molar refractivity (Wildman–Crippen MR) is 65.9 cm³/mol. The minimum absolute atomic E-state index is 0.0000208. The number of amides is 1. The van der Waals surface area contributed by atoms with Gasteiger partial charge in [-0.15, -0.1) is 0 Å². The Morgan fingerprint density at radius 3 is 2.73 bits per heavy atom. The molecule has 0 unspecified atom stereocenters. The summed E-state index contributed by atoms with van der Waals surface area (Å²) in [5, 5.41) is 6.58. The zero-order chi connectivity index (χ0) is 15.7. The molecule has 0 saturated heterocycles. The van der Waals surface area contributed by atoms with Gasteiger partial charge in [0.15, 0.2) is 5.69 Å². The smallest absolute Gasteiger partial charge is 0.451 e. The van der Waals surface area contributed by atoms with Gasteiger partial charge >= 0.3 is 6.18 Å². The molecule has 0 spiro atoms. The quantitative estimate of drug-likeness (QED) is 0.914. The predicted octanol–water partition coefficient (Wildman–Crippen LogP) is 1.01. The van der Waals surface area contributed by atoms with Gasteiger partial charge in [-0.3, -0.25) is 4.79 Å². The number of carbonyl (C=O) groups is 1. The zero-order valence-corrected chi connectivity index (χ0v) is 11.1. The molecule has 3 heterocycles. The van der Waals surface area contributed by atoms with Gasteiger partial charge in [0.1, 0.15) is 6.61 Å². The first-order valence-electron chi connectivity index (χ1n) is 6.30. The van der Waals surface area contributed by atoms with Crippen LogP contribution in [0.4, 0.5) is 13.2 Å². The summed E-state index contributed by atoms with van der Waals surface area (Å²) >= 11 is 0. The second-order valence-corrected chi connectivity index (χ2v) is 4.53. The molecule has 0 bridgehead atoms. The van der Waals surface area contributed by atoms with Gasteiger partial charge in [-0.1, -0.05) is 0 Å². The molecule has 2 aromatic heterocycles. The Balaban J connectivity index is 1.61. The second-order valence-electron chi connectivity index (χ2n) is 4.53. The number of alkyl halides is 3. The molecule has 7 nitrogen and oxygen atoms in total. The van der Waals surface area contributed by atoms with Crippen LogP contribution in [0.1, 0.15) is 21.9 Å². The van der Waals surface area contributed by atoms with Gasteiger partial charge in [0.2, 0.25) is 11.7 Å². The van der Waals surface area contributed by atoms with Gasteiger partial charge < -0.3 is 10.1 Å². The van der Waals surface area contributed by atoms with E-state index in [0.29, 0.717) is 24.6 Å². The number of carbonyl (C=O) groups excluding carboxylic acids is 1. The van der Waals surface area contributed by atoms with Crippen LogP contribution in [0.5, 0.6) is 5.88 Å². The molecule has 0 saturated carbocycles. The van der Waals surface area contributed by atoms with Crippen LogP contribution in [0.25, 0.3) is 0 Å². The van der Waals surface area contributed by atoms with E-state index in [0.717, 1.165) is 12.4 Å². The Bertz CT molecular complexity index is 674. The van der Waals surface area contributed by atoms with Gasteiger partial charge in [0.05, 0.1) is 6.54 Å². The number of ether oxygens (including phenoxy) is 1. The zero-order valence-electron chi connectivity index (χ0n) is 11.1. The molecule has 1 N–H and O–H groups in total. The van der Waals surface area contributed by atoms with E-state index in [-0.39, 0.29) is 12.2 Å². The molecule has 0 aliphatic carbocycles. The van der Waals surface area contributed by atoms with E-state index in [1.165, 1.54) is 6.07 Å². The molecule has 1 aliphatic heterocycles. The van der Waals surface area contributed by atoms with Crippen LogP contribution in [-0.2, 0) is 19.3 Å². The number of rotatable bonds is 3. The summed E-state index contributed by atoms with van der Waals surface area (Å²) in [6, 6.07) is 1.51. The molecule has 22 heavy (non-hydrogen) atoms. The van der Waals surface area contributed by atoms with Crippen molar-refractivity contribution >= 4 is 5.91 Å². The van der Waals surface area contributed by atoms with Gasteiger partial charge in [0, 0.05) is 30.6 Å². The lowest BCUT2D eigenvalue weighted by atomic mass is 10.3. The van der Waals surface area contributed by atoms with Crippen LogP contribution in [0.2, 0.25) is 0 Å². The fourth-order valence-electron chi connectivity index (χ4n) is 1.89. The highest BCUT2D eigenvalue weighted by Gasteiger charge is 2.34. The normalized spacial score (nSPS) is 13.6. The Morgan fingerprint density at radius 1 is 1.36 bits per heavy atom. The Morgan fingerprint density at radius 2 is 2.09 bits per heavy atom. The molecule has 0 atom stereocenters. The van der Waals surface area contributed by atoms with Gasteiger partial charge in [0.25, 0.3) is 5.91 Å². The van der Waals surface area contributed by atoms with E-state index in [9.17, 15) is 18.0 Å². The van der Waals surface area contributed by atoms with Crippen molar-refractivity contribution in [2.75, 3.05) is 6.61 Å². The van der Waals surface area contributed by atoms with E-state index in [4.69, 9.17) is 4.74 Å². The van der Waals surface area contributed by atoms with E-state index in [1.807, 2.05) is 0 Å². The number of nitrogens with one attached hydrogen (secondary N) is 1. The lowest BCUT2D eigenvalue weighted by Crippen LogP contribution is -2.24. The highest BCUT2D eigenvalue weighted by atomic mass is 19.4. The Hall–Kier alpha value is -2.65. The van der Waals surface area contributed by atoms with E-state index < -0.39 is 17.9 Å². The van der Waals surface area contributed by atoms with Gasteiger partial charge in [-0.25, -0.2) is 14.6 Å². The largest absolute Gasteiger partial charge is 0.476 e. The molecular formula is C12H10F3N5O2. The van der Waals surface area contributed by atoms with Gasteiger partial charge in [-0.05, 0) is 0 Å². The third kappa shape index (κ3) is 2.85. The van der Waals surface area contributed by atoms with Crippen LogP contribution in [0, 0.1) is 0 Å². The summed E-state index contributed by atoms with van der Waals surface area (Å²) in [6.45, 7) is 1.10. The number of hydrogen-bond donors (Lipinski definition) is 1. The first kappa shape index (κ1) is 14.3. The summed E-state index contributed by atoms with van der Waals surface area (Å²) in [7, 11) is 0. The molecule has 1 amide bonds. The summed E-state index contributed by atoms with van der Waals surface area (Å²) in [5.41, 5.74) is 0.534. The average molecular weight is 313 g/mol. The van der Waals surface area contributed by atoms with Crippen molar-refractivity contribution in [3.63, 3.8) is 0 Å². The van der Waals surface area contributed by atoms with Crippen LogP contribution < -0.4 is 10.1 Å². The lowest BCUT2D eigenvalue weighted by molar-refractivity contribution is -0.145. The monoisotopic (exact) mass is 313 g/mol. The molecule has 0 radical (unpaired) electrons. The summed E-state index contributed by atoms with van der Waals surface area (Å²) in [6.07, 6.45) is -2.54. The third-order valence-electron chi connectivity index (χ3n) is 2.94. The van der Waals surface area contributed by atoms with Crippen molar-refractivity contribution in [1.82, 2.24) is 25.1 Å². The topological polar surface area (TPSA) is 81.9 Å². The fourth-order valence-corrected chi connectivity index (χ4v) is 1.89. The Labute approximate surface area is 122 Å². The first-order chi connectivity index (χ1) is 10.4. The van der Waals surface area contributed by atoms with E-state index in [1.54, 1.807) is 4.68 Å². The van der Waals surface area contributed by atoms with Crippen molar-refractivity contribution in [3.05, 3.63) is 35.5 Å². The second kappa shape index (κ2) is 5.28. The minimum atomic E-state index is -4.58. The van der Waals surface area contributed by atoms with Gasteiger partial charge in [-0.2, -0.15) is 18.3 Å². The van der Waals surface area contributed by atoms with Crippen molar-refractivity contribution in [2.45, 2.75) is 19.3 Å². The van der Waals surface area contributed by atoms with Crippen molar-refractivity contribution < 1.29 is 22.7 Å². The van der Waals surface area contributed by atoms with Crippen LogP contribution in [0.15, 0.2) is 18.5 Å². The maximum Gasteiger partial charge on any atom is 0.451 e. The van der Waals surface area contributed by atoms with Crippen LogP contribution in [-0.4, -0.2) is 32.3 Å². The summed E-state index contributed by atoms with van der Waals surface area (Å²) < 4.78 is 43.7. The standard InChI is InChI=1S/C12H10F3N5O2/c13-12(14,15)11-17-5-7(6-18-11)4-16-10(21)8-3-9-20(19-8)1-2-22-9/h3,5-6H,1-2,4H2,(H,16,21). The summed E-state index contributed by atoms with van der Waals surface area (Å²) in [4.78, 5) is 18.3. The van der Waals surface area contributed by atoms with Crippen molar-refractivity contribution in [2.24, 2.45) is 0 Å². The molecule has 2 aromatic rings. The highest BCUT2D eigenvalue weighted by molar-refractivity contribution is 5.92. The number of aromatic nitrogens is 4. The fraction of sp³-hybridized carbons (Fsp3) is 0.333. The van der Waals surface area contributed by atoms with E-state index in [2.05, 4.69) is 20.4 Å². The Kier molecular flexibility index (Phi) is 3.43. The molecule has 3 rings (SSSR count). The molecule has 1 aliphatic rings.